The summed E-state index contributed by atoms with van der Waals surface area (Å²) in [5.41, 5.74) is 7.50. The molecule has 0 radical (unpaired) electrons. The van der Waals surface area contributed by atoms with Gasteiger partial charge < -0.3 is 10.5 Å². The molecule has 2 N–H and O–H groups in total. The predicted octanol–water partition coefficient (Wildman–Crippen LogP) is 2.02. The highest BCUT2D eigenvalue weighted by atomic mass is 16.5. The molecule has 0 bridgehead atoms. The monoisotopic (exact) mass is 174 g/mol. The number of rotatable bonds is 0. The van der Waals surface area contributed by atoms with Crippen LogP contribution < -0.4 is 10.5 Å². The molecule has 0 amide bonds. The van der Waals surface area contributed by atoms with Crippen LogP contribution in [0.4, 0.5) is 5.69 Å². The van der Waals surface area contributed by atoms with Gasteiger partial charge in [0.2, 0.25) is 0 Å². The molecule has 1 aliphatic rings. The van der Waals surface area contributed by atoms with Crippen molar-refractivity contribution < 1.29 is 4.74 Å². The molecular formula is C10H10N2O. The van der Waals surface area contributed by atoms with Gasteiger partial charge in [-0.05, 0) is 6.07 Å². The Labute approximate surface area is 76.9 Å². The number of benzene rings is 1. The molecule has 2 rings (SSSR count). The second-order valence-electron chi connectivity index (χ2n) is 3.08. The molecule has 0 saturated carbocycles. The van der Waals surface area contributed by atoms with E-state index in [9.17, 15) is 0 Å². The molecule has 13 heavy (non-hydrogen) atoms. The Morgan fingerprint density at radius 3 is 3.15 bits per heavy atom. The zero-order valence-corrected chi connectivity index (χ0v) is 7.16. The first-order chi connectivity index (χ1) is 6.31. The van der Waals surface area contributed by atoms with Crippen LogP contribution in [0.25, 0.3) is 4.85 Å². The van der Waals surface area contributed by atoms with Crippen molar-refractivity contribution in [3.63, 3.8) is 0 Å². The SMILES string of the molecule is [C-]#[N+]c1ccc2c(c1)OCC[C@H]2N. The molecule has 1 atom stereocenters. The first-order valence-corrected chi connectivity index (χ1v) is 4.21. The summed E-state index contributed by atoms with van der Waals surface area (Å²) in [5.74, 6) is 0.771. The van der Waals surface area contributed by atoms with E-state index in [4.69, 9.17) is 17.0 Å². The number of fused-ring (bicyclic) bond motifs is 1. The summed E-state index contributed by atoms with van der Waals surface area (Å²) >= 11 is 0. The molecule has 66 valence electrons. The molecule has 3 heteroatoms. The molecule has 3 nitrogen and oxygen atoms in total. The van der Waals surface area contributed by atoms with Crippen molar-refractivity contribution in [1.29, 1.82) is 0 Å². The zero-order valence-electron chi connectivity index (χ0n) is 7.16. The third-order valence-electron chi connectivity index (χ3n) is 2.21. The van der Waals surface area contributed by atoms with E-state index in [1.54, 1.807) is 12.1 Å². The number of nitrogens with zero attached hydrogens (tertiary/aromatic N) is 1. The van der Waals surface area contributed by atoms with Crippen LogP contribution in [0.1, 0.15) is 18.0 Å². The minimum absolute atomic E-state index is 0.0588. The fourth-order valence-electron chi connectivity index (χ4n) is 1.48. The summed E-state index contributed by atoms with van der Waals surface area (Å²) in [4.78, 5) is 3.33. The van der Waals surface area contributed by atoms with E-state index in [2.05, 4.69) is 4.85 Å². The van der Waals surface area contributed by atoms with Crippen molar-refractivity contribution >= 4 is 5.69 Å². The van der Waals surface area contributed by atoms with Crippen LogP contribution in [0.15, 0.2) is 18.2 Å². The summed E-state index contributed by atoms with van der Waals surface area (Å²) in [6.07, 6.45) is 0.852. The van der Waals surface area contributed by atoms with Crippen LogP contribution in [0.2, 0.25) is 0 Å². The summed E-state index contributed by atoms with van der Waals surface area (Å²) < 4.78 is 5.41. The van der Waals surface area contributed by atoms with E-state index < -0.39 is 0 Å². The Morgan fingerprint density at radius 2 is 2.38 bits per heavy atom. The van der Waals surface area contributed by atoms with Gasteiger partial charge in [0.15, 0.2) is 5.69 Å². The van der Waals surface area contributed by atoms with Crippen LogP contribution in [0, 0.1) is 6.57 Å². The van der Waals surface area contributed by atoms with Crippen LogP contribution in [0.5, 0.6) is 5.75 Å². The molecule has 0 saturated heterocycles. The quantitative estimate of drug-likeness (QED) is 0.611. The van der Waals surface area contributed by atoms with Gasteiger partial charge in [0.1, 0.15) is 5.75 Å². The van der Waals surface area contributed by atoms with Gasteiger partial charge >= 0.3 is 0 Å². The molecule has 1 aliphatic heterocycles. The molecule has 0 fully saturated rings. The Bertz CT molecular complexity index is 368. The standard InChI is InChI=1S/C10H10N2O/c1-12-7-2-3-8-9(11)4-5-13-10(8)6-7/h2-3,6,9H,4-5,11H2/t9-/m1/s1. The van der Waals surface area contributed by atoms with Crippen LogP contribution in [-0.2, 0) is 0 Å². The van der Waals surface area contributed by atoms with Gasteiger partial charge in [-0.3, -0.25) is 0 Å². The van der Waals surface area contributed by atoms with E-state index in [1.165, 1.54) is 0 Å². The van der Waals surface area contributed by atoms with Crippen LogP contribution >= 0.6 is 0 Å². The lowest BCUT2D eigenvalue weighted by Crippen LogP contribution is -2.20. The maximum atomic E-state index is 6.85. The Kier molecular flexibility index (Phi) is 1.91. The van der Waals surface area contributed by atoms with Crippen molar-refractivity contribution in [3.8, 4) is 5.75 Å². The topological polar surface area (TPSA) is 39.6 Å². The van der Waals surface area contributed by atoms with Crippen molar-refractivity contribution in [1.82, 2.24) is 0 Å². The minimum atomic E-state index is 0.0588. The number of hydrogen-bond donors (Lipinski definition) is 1. The lowest BCUT2D eigenvalue weighted by atomic mass is 10.0. The van der Waals surface area contributed by atoms with Gasteiger partial charge in [0.25, 0.3) is 0 Å². The van der Waals surface area contributed by atoms with Crippen molar-refractivity contribution in [2.45, 2.75) is 12.5 Å². The van der Waals surface area contributed by atoms with Crippen molar-refractivity contribution in [3.05, 3.63) is 35.2 Å². The van der Waals surface area contributed by atoms with Gasteiger partial charge in [0.05, 0.1) is 13.2 Å². The number of nitrogens with two attached hydrogens (primary N) is 1. The summed E-state index contributed by atoms with van der Waals surface area (Å²) in [5, 5.41) is 0. The fourth-order valence-corrected chi connectivity index (χ4v) is 1.48. The Morgan fingerprint density at radius 1 is 1.54 bits per heavy atom. The smallest absolute Gasteiger partial charge is 0.190 e. The summed E-state index contributed by atoms with van der Waals surface area (Å²) in [6, 6.07) is 5.47. The molecular weight excluding hydrogens is 164 g/mol. The average Bonchev–Trinajstić information content (AvgIpc) is 2.18. The largest absolute Gasteiger partial charge is 0.494 e. The second-order valence-corrected chi connectivity index (χ2v) is 3.08. The molecule has 0 aromatic heterocycles. The lowest BCUT2D eigenvalue weighted by Gasteiger charge is -2.22. The second kappa shape index (κ2) is 3.08. The van der Waals surface area contributed by atoms with E-state index >= 15 is 0 Å². The highest BCUT2D eigenvalue weighted by Crippen LogP contribution is 2.33. The molecule has 0 spiro atoms. The summed E-state index contributed by atoms with van der Waals surface area (Å²) in [7, 11) is 0. The van der Waals surface area contributed by atoms with E-state index in [1.807, 2.05) is 6.07 Å². The number of ether oxygens (including phenoxy) is 1. The van der Waals surface area contributed by atoms with Crippen molar-refractivity contribution in [2.24, 2.45) is 5.73 Å². The first kappa shape index (κ1) is 8.09. The molecule has 1 aromatic rings. The summed E-state index contributed by atoms with van der Waals surface area (Å²) in [6.45, 7) is 7.50. The zero-order chi connectivity index (χ0) is 9.26. The molecule has 0 aliphatic carbocycles. The molecule has 0 unspecified atom stereocenters. The Hall–Kier alpha value is -1.53. The van der Waals surface area contributed by atoms with Gasteiger partial charge in [0, 0.05) is 18.0 Å². The first-order valence-electron chi connectivity index (χ1n) is 4.21. The third-order valence-corrected chi connectivity index (χ3v) is 2.21. The van der Waals surface area contributed by atoms with Crippen LogP contribution in [0.3, 0.4) is 0 Å². The van der Waals surface area contributed by atoms with E-state index in [0.29, 0.717) is 12.3 Å². The van der Waals surface area contributed by atoms with E-state index in [0.717, 1.165) is 17.7 Å². The number of hydrogen-bond acceptors (Lipinski definition) is 2. The minimum Gasteiger partial charge on any atom is -0.494 e. The van der Waals surface area contributed by atoms with Crippen molar-refractivity contribution in [2.75, 3.05) is 6.61 Å². The maximum Gasteiger partial charge on any atom is 0.190 e. The van der Waals surface area contributed by atoms with Crippen LogP contribution in [-0.4, -0.2) is 6.61 Å². The fraction of sp³-hybridized carbons (Fsp3) is 0.300. The highest BCUT2D eigenvalue weighted by Gasteiger charge is 2.17. The highest BCUT2D eigenvalue weighted by molar-refractivity contribution is 5.53. The third kappa shape index (κ3) is 1.36. The molecule has 1 heterocycles. The maximum absolute atomic E-state index is 6.85. The Balaban J connectivity index is 2.47. The van der Waals surface area contributed by atoms with Gasteiger partial charge in [-0.25, -0.2) is 4.85 Å². The average molecular weight is 174 g/mol. The lowest BCUT2D eigenvalue weighted by molar-refractivity contribution is 0.269. The predicted molar refractivity (Wildman–Crippen MR) is 49.7 cm³/mol. The van der Waals surface area contributed by atoms with E-state index in [-0.39, 0.29) is 6.04 Å². The molecule has 1 aromatic carbocycles. The van der Waals surface area contributed by atoms with Gasteiger partial charge in [-0.2, -0.15) is 0 Å². The normalized spacial score (nSPS) is 19.8. The van der Waals surface area contributed by atoms with Gasteiger partial charge in [-0.1, -0.05) is 12.1 Å². The van der Waals surface area contributed by atoms with Gasteiger partial charge in [-0.15, -0.1) is 0 Å².